The van der Waals surface area contributed by atoms with Crippen molar-refractivity contribution in [3.63, 3.8) is 0 Å². The van der Waals surface area contributed by atoms with Gasteiger partial charge in [0.25, 0.3) is 5.91 Å². The fourth-order valence-corrected chi connectivity index (χ4v) is 4.09. The summed E-state index contributed by atoms with van der Waals surface area (Å²) in [5.74, 6) is 0.365. The predicted molar refractivity (Wildman–Crippen MR) is 82.5 cm³/mol. The van der Waals surface area contributed by atoms with Crippen LogP contribution in [0.5, 0.6) is 5.75 Å². The Balaban J connectivity index is 1.53. The second-order valence-electron chi connectivity index (χ2n) is 5.81. The molecule has 4 rings (SSSR count). The number of halogens is 1. The van der Waals surface area contributed by atoms with Crippen molar-refractivity contribution in [1.29, 1.82) is 0 Å². The number of likely N-dealkylation sites (tertiary alicyclic amines) is 1. The van der Waals surface area contributed by atoms with E-state index < -0.39 is 6.10 Å². The predicted octanol–water partition coefficient (Wildman–Crippen LogP) is 3.55. The minimum atomic E-state index is -0.518. The Morgan fingerprint density at radius 2 is 2.27 bits per heavy atom. The number of nitrogens with zero attached hydrogens (tertiary/aromatic N) is 1. The molecule has 114 valence electrons. The van der Waals surface area contributed by atoms with E-state index in [-0.39, 0.29) is 17.8 Å². The lowest BCUT2D eigenvalue weighted by atomic mass is 10.1. The third kappa shape index (κ3) is 2.29. The van der Waals surface area contributed by atoms with Crippen molar-refractivity contribution in [3.05, 3.63) is 52.0 Å². The summed E-state index contributed by atoms with van der Waals surface area (Å²) in [4.78, 5) is 14.7. The molecule has 3 heterocycles. The molecule has 1 amide bonds. The number of amides is 1. The maximum Gasteiger partial charge on any atom is 0.264 e. The molecular formula is C17H16FNO2S. The van der Waals surface area contributed by atoms with E-state index in [0.717, 1.165) is 24.9 Å². The second kappa shape index (κ2) is 5.39. The zero-order valence-corrected chi connectivity index (χ0v) is 12.8. The fraction of sp³-hybridized carbons (Fsp3) is 0.353. The van der Waals surface area contributed by atoms with Gasteiger partial charge in [0.15, 0.2) is 6.10 Å². The Labute approximate surface area is 132 Å². The van der Waals surface area contributed by atoms with Gasteiger partial charge in [-0.25, -0.2) is 4.39 Å². The number of carbonyl (C=O) groups excluding carboxylic acids is 1. The molecule has 2 aliphatic heterocycles. The molecular weight excluding hydrogens is 301 g/mol. The molecule has 0 radical (unpaired) electrons. The molecule has 22 heavy (non-hydrogen) atoms. The number of hydrogen-bond donors (Lipinski definition) is 0. The quantitative estimate of drug-likeness (QED) is 0.848. The number of thiophene rings is 1. The summed E-state index contributed by atoms with van der Waals surface area (Å²) >= 11 is 1.65. The summed E-state index contributed by atoms with van der Waals surface area (Å²) in [5.41, 5.74) is 1.99. The first kappa shape index (κ1) is 13.8. The number of hydrogen-bond acceptors (Lipinski definition) is 3. The van der Waals surface area contributed by atoms with Crippen LogP contribution in [-0.4, -0.2) is 23.5 Å². The maximum atomic E-state index is 13.3. The fourth-order valence-electron chi connectivity index (χ4n) is 3.38. The van der Waals surface area contributed by atoms with E-state index >= 15 is 0 Å². The molecule has 1 aromatic heterocycles. The lowest BCUT2D eigenvalue weighted by Crippen LogP contribution is -2.40. The van der Waals surface area contributed by atoms with Crippen molar-refractivity contribution in [1.82, 2.24) is 4.90 Å². The van der Waals surface area contributed by atoms with E-state index in [9.17, 15) is 9.18 Å². The molecule has 2 atom stereocenters. The molecule has 0 saturated carbocycles. The van der Waals surface area contributed by atoms with E-state index in [4.69, 9.17) is 4.74 Å². The van der Waals surface area contributed by atoms with Crippen LogP contribution in [0.4, 0.5) is 4.39 Å². The van der Waals surface area contributed by atoms with Gasteiger partial charge < -0.3 is 9.64 Å². The Kier molecular flexibility index (Phi) is 3.37. The molecule has 0 N–H and O–H groups in total. The Hall–Kier alpha value is -1.88. The summed E-state index contributed by atoms with van der Waals surface area (Å²) in [7, 11) is 0. The van der Waals surface area contributed by atoms with Crippen molar-refractivity contribution in [2.24, 2.45) is 0 Å². The van der Waals surface area contributed by atoms with Crippen LogP contribution < -0.4 is 4.74 Å². The van der Waals surface area contributed by atoms with Gasteiger partial charge in [0, 0.05) is 18.5 Å². The van der Waals surface area contributed by atoms with E-state index in [1.165, 1.54) is 17.7 Å². The minimum Gasteiger partial charge on any atom is -0.480 e. The SMILES string of the molecule is O=C([C@@H]1Cc2cc(F)ccc2O1)N1CCC[C@H]1c1ccsc1. The van der Waals surface area contributed by atoms with Crippen LogP contribution in [0.15, 0.2) is 35.0 Å². The zero-order chi connectivity index (χ0) is 15.1. The van der Waals surface area contributed by atoms with Gasteiger partial charge in [-0.2, -0.15) is 11.3 Å². The van der Waals surface area contributed by atoms with Gasteiger partial charge in [-0.1, -0.05) is 0 Å². The van der Waals surface area contributed by atoms with E-state index in [0.29, 0.717) is 12.2 Å². The van der Waals surface area contributed by atoms with Crippen molar-refractivity contribution in [3.8, 4) is 5.75 Å². The van der Waals surface area contributed by atoms with Crippen molar-refractivity contribution < 1.29 is 13.9 Å². The normalized spacial score (nSPS) is 23.4. The summed E-state index contributed by atoms with van der Waals surface area (Å²) in [6, 6.07) is 6.68. The van der Waals surface area contributed by atoms with Crippen molar-refractivity contribution in [2.75, 3.05) is 6.54 Å². The molecule has 2 aromatic rings. The first-order valence-electron chi connectivity index (χ1n) is 7.50. The topological polar surface area (TPSA) is 29.5 Å². The molecule has 5 heteroatoms. The highest BCUT2D eigenvalue weighted by molar-refractivity contribution is 7.07. The molecule has 3 nitrogen and oxygen atoms in total. The smallest absolute Gasteiger partial charge is 0.264 e. The second-order valence-corrected chi connectivity index (χ2v) is 6.59. The van der Waals surface area contributed by atoms with Gasteiger partial charge in [0.05, 0.1) is 6.04 Å². The summed E-state index contributed by atoms with van der Waals surface area (Å²) in [6.07, 6.45) is 1.95. The van der Waals surface area contributed by atoms with Crippen LogP contribution in [0.2, 0.25) is 0 Å². The molecule has 1 fully saturated rings. The van der Waals surface area contributed by atoms with Crippen LogP contribution in [0.25, 0.3) is 0 Å². The van der Waals surface area contributed by atoms with Gasteiger partial charge in [0.2, 0.25) is 0 Å². The Morgan fingerprint density at radius 1 is 1.36 bits per heavy atom. The molecule has 0 unspecified atom stereocenters. The average Bonchev–Trinajstić information content (AvgIpc) is 3.24. The van der Waals surface area contributed by atoms with E-state index in [1.807, 2.05) is 10.3 Å². The monoisotopic (exact) mass is 317 g/mol. The average molecular weight is 317 g/mol. The standard InChI is InChI=1S/C17H16FNO2S/c18-13-3-4-15-12(8-13)9-16(21-15)17(20)19-6-1-2-14(19)11-5-7-22-10-11/h3-5,7-8,10,14,16H,1-2,6,9H2/t14-,16-/m0/s1. The van der Waals surface area contributed by atoms with Crippen molar-refractivity contribution >= 4 is 17.2 Å². The van der Waals surface area contributed by atoms with Crippen LogP contribution >= 0.6 is 11.3 Å². The Bertz CT molecular complexity index is 701. The number of fused-ring (bicyclic) bond motifs is 1. The lowest BCUT2D eigenvalue weighted by Gasteiger charge is -2.26. The van der Waals surface area contributed by atoms with E-state index in [2.05, 4.69) is 11.4 Å². The number of carbonyl (C=O) groups is 1. The van der Waals surface area contributed by atoms with Gasteiger partial charge in [-0.15, -0.1) is 0 Å². The third-order valence-electron chi connectivity index (χ3n) is 4.44. The van der Waals surface area contributed by atoms with Crippen LogP contribution in [0, 0.1) is 5.82 Å². The highest BCUT2D eigenvalue weighted by Crippen LogP contribution is 2.36. The summed E-state index contributed by atoms with van der Waals surface area (Å²) in [5, 5.41) is 4.15. The van der Waals surface area contributed by atoms with Crippen molar-refractivity contribution in [2.45, 2.75) is 31.4 Å². The number of ether oxygens (including phenoxy) is 1. The first-order chi connectivity index (χ1) is 10.7. The highest BCUT2D eigenvalue weighted by atomic mass is 32.1. The van der Waals surface area contributed by atoms with Crippen LogP contribution in [0.3, 0.4) is 0 Å². The van der Waals surface area contributed by atoms with Gasteiger partial charge in [-0.3, -0.25) is 4.79 Å². The zero-order valence-electron chi connectivity index (χ0n) is 12.0. The Morgan fingerprint density at radius 3 is 3.09 bits per heavy atom. The number of rotatable bonds is 2. The molecule has 0 bridgehead atoms. The van der Waals surface area contributed by atoms with Gasteiger partial charge in [-0.05, 0) is 53.4 Å². The largest absolute Gasteiger partial charge is 0.480 e. The molecule has 1 saturated heterocycles. The van der Waals surface area contributed by atoms with Gasteiger partial charge >= 0.3 is 0 Å². The summed E-state index contributed by atoms with van der Waals surface area (Å²) < 4.78 is 19.0. The lowest BCUT2D eigenvalue weighted by molar-refractivity contribution is -0.138. The van der Waals surface area contributed by atoms with Gasteiger partial charge in [0.1, 0.15) is 11.6 Å². The highest BCUT2D eigenvalue weighted by Gasteiger charge is 2.38. The third-order valence-corrected chi connectivity index (χ3v) is 5.14. The van der Waals surface area contributed by atoms with Crippen LogP contribution in [-0.2, 0) is 11.2 Å². The molecule has 2 aliphatic rings. The minimum absolute atomic E-state index is 0.0188. The number of benzene rings is 1. The summed E-state index contributed by atoms with van der Waals surface area (Å²) in [6.45, 7) is 0.768. The molecule has 0 aliphatic carbocycles. The maximum absolute atomic E-state index is 13.3. The molecule has 1 aromatic carbocycles. The van der Waals surface area contributed by atoms with Crippen LogP contribution in [0.1, 0.15) is 30.0 Å². The first-order valence-corrected chi connectivity index (χ1v) is 8.44. The van der Waals surface area contributed by atoms with E-state index in [1.54, 1.807) is 17.4 Å². The molecule has 0 spiro atoms.